The van der Waals surface area contributed by atoms with Crippen LogP contribution in [0.5, 0.6) is 0 Å². The van der Waals surface area contributed by atoms with E-state index in [-0.39, 0.29) is 26.2 Å². The van der Waals surface area contributed by atoms with Crippen LogP contribution >= 0.6 is 8.25 Å². The molecule has 0 fully saturated rings. The maximum absolute atomic E-state index is 9.49. The van der Waals surface area contributed by atoms with E-state index in [9.17, 15) is 4.57 Å². The van der Waals surface area contributed by atoms with Crippen molar-refractivity contribution < 1.29 is 40.2 Å². The molecule has 0 bridgehead atoms. The van der Waals surface area contributed by atoms with E-state index in [1.807, 2.05) is 0 Å². The van der Waals surface area contributed by atoms with Gasteiger partial charge in [-0.15, -0.1) is 0 Å². The van der Waals surface area contributed by atoms with Gasteiger partial charge in [0.25, 0.3) is 0 Å². The average Bonchev–Trinajstić information content (AvgIpc) is 1.35. The molecule has 0 saturated heterocycles. The molecule has 0 amide bonds. The number of rotatable bonds is 2. The Labute approximate surface area is 61.4 Å². The maximum atomic E-state index is 9.49. The second-order valence-corrected chi connectivity index (χ2v) is 1.32. The molecular formula is C2H5O3PZr. The van der Waals surface area contributed by atoms with Crippen LogP contribution in [0.3, 0.4) is 0 Å². The van der Waals surface area contributed by atoms with E-state index >= 15 is 0 Å². The molecule has 0 rings (SSSR count). The predicted molar refractivity (Wildman–Crippen MR) is 22.5 cm³/mol. The molecule has 1 atom stereocenters. The van der Waals surface area contributed by atoms with Gasteiger partial charge in [0.05, 0.1) is 6.26 Å². The van der Waals surface area contributed by atoms with Crippen molar-refractivity contribution in [3.63, 3.8) is 0 Å². The van der Waals surface area contributed by atoms with Crippen LogP contribution in [0.15, 0.2) is 12.8 Å². The molecule has 0 radical (unpaired) electrons. The van der Waals surface area contributed by atoms with Gasteiger partial charge in [0, 0.05) is 26.2 Å². The molecule has 0 aromatic heterocycles. The van der Waals surface area contributed by atoms with Crippen LogP contribution in [-0.2, 0) is 35.3 Å². The van der Waals surface area contributed by atoms with Gasteiger partial charge in [0.15, 0.2) is 0 Å². The van der Waals surface area contributed by atoms with Crippen LogP contribution in [0.4, 0.5) is 0 Å². The molecular weight excluding hydrogens is 194 g/mol. The fourth-order valence-electron chi connectivity index (χ4n) is 0.0713. The zero-order valence-corrected chi connectivity index (χ0v) is 7.01. The van der Waals surface area contributed by atoms with Crippen molar-refractivity contribution in [2.24, 2.45) is 0 Å². The third-order valence-corrected chi connectivity index (χ3v) is 0.552. The van der Waals surface area contributed by atoms with Gasteiger partial charge in [-0.1, -0.05) is 6.58 Å². The Morgan fingerprint density at radius 3 is 2.29 bits per heavy atom. The predicted octanol–water partition coefficient (Wildman–Crippen LogP) is 0.526. The van der Waals surface area contributed by atoms with Crippen LogP contribution in [0.25, 0.3) is 0 Å². The Balaban J connectivity index is 0. The molecule has 0 aromatic rings. The minimum absolute atomic E-state index is 0. The second kappa shape index (κ2) is 6.61. The van der Waals surface area contributed by atoms with Gasteiger partial charge >= 0.3 is 8.25 Å². The summed E-state index contributed by atoms with van der Waals surface area (Å²) in [5.41, 5.74) is 0. The van der Waals surface area contributed by atoms with Crippen LogP contribution in [0.2, 0.25) is 0 Å². The molecule has 5 heteroatoms. The van der Waals surface area contributed by atoms with Gasteiger partial charge in [-0.3, -0.25) is 0 Å². The molecule has 0 heterocycles. The fraction of sp³-hybridized carbons (Fsp3) is 0. The van der Waals surface area contributed by atoms with Crippen molar-refractivity contribution in [3.8, 4) is 0 Å². The molecule has 0 aliphatic heterocycles. The van der Waals surface area contributed by atoms with Crippen molar-refractivity contribution in [1.82, 2.24) is 0 Å². The van der Waals surface area contributed by atoms with Gasteiger partial charge in [-0.2, -0.15) is 0 Å². The molecule has 3 nitrogen and oxygen atoms in total. The summed E-state index contributed by atoms with van der Waals surface area (Å²) in [6.07, 6.45) is 0.932. The SMILES string of the molecule is C=CO[PH](=O)O.[Zr]. The molecule has 0 spiro atoms. The molecule has 1 unspecified atom stereocenters. The number of hydrogen-bond donors (Lipinski definition) is 1. The van der Waals surface area contributed by atoms with Gasteiger partial charge in [-0.05, 0) is 0 Å². The summed E-state index contributed by atoms with van der Waals surface area (Å²) in [5.74, 6) is 0. The molecule has 0 aliphatic rings. The standard InChI is InChI=1S/C2H5O3P.Zr/c1-2-5-6(3)4;/h2,6H,1H2,(H,3,4);. The van der Waals surface area contributed by atoms with E-state index in [1.165, 1.54) is 0 Å². The molecule has 1 N–H and O–H groups in total. The summed E-state index contributed by atoms with van der Waals surface area (Å²) >= 11 is 0. The summed E-state index contributed by atoms with van der Waals surface area (Å²) < 4.78 is 13.4. The summed E-state index contributed by atoms with van der Waals surface area (Å²) in [7, 11) is -2.75. The maximum Gasteiger partial charge on any atom is 0.364 e. The summed E-state index contributed by atoms with van der Waals surface area (Å²) in [4.78, 5) is 7.81. The van der Waals surface area contributed by atoms with Crippen molar-refractivity contribution in [1.29, 1.82) is 0 Å². The third-order valence-electron chi connectivity index (χ3n) is 0.184. The smallest absolute Gasteiger partial charge is 0.364 e. The fourth-order valence-corrected chi connectivity index (χ4v) is 0.214. The zero-order valence-electron chi connectivity index (χ0n) is 3.55. The molecule has 0 saturated carbocycles. The van der Waals surface area contributed by atoms with Crippen molar-refractivity contribution in [2.45, 2.75) is 0 Å². The zero-order chi connectivity index (χ0) is 4.99. The first-order chi connectivity index (χ1) is 2.77. The quantitative estimate of drug-likeness (QED) is 0.521. The Kier molecular flexibility index (Phi) is 9.98. The van der Waals surface area contributed by atoms with Gasteiger partial charge < -0.3 is 9.42 Å². The van der Waals surface area contributed by atoms with E-state index in [0.29, 0.717) is 0 Å². The summed E-state index contributed by atoms with van der Waals surface area (Å²) in [5, 5.41) is 0. The van der Waals surface area contributed by atoms with E-state index in [0.717, 1.165) is 6.26 Å². The van der Waals surface area contributed by atoms with E-state index in [1.54, 1.807) is 0 Å². The van der Waals surface area contributed by atoms with Crippen molar-refractivity contribution in [2.75, 3.05) is 0 Å². The van der Waals surface area contributed by atoms with Gasteiger partial charge in [0.2, 0.25) is 0 Å². The first-order valence-corrected chi connectivity index (χ1v) is 2.54. The summed E-state index contributed by atoms with van der Waals surface area (Å²) in [6.45, 7) is 3.04. The van der Waals surface area contributed by atoms with Crippen LogP contribution < -0.4 is 0 Å². The number of hydrogen-bond acceptors (Lipinski definition) is 2. The molecule has 7 heavy (non-hydrogen) atoms. The Hall–Kier alpha value is 0.613. The Morgan fingerprint density at radius 2 is 2.29 bits per heavy atom. The van der Waals surface area contributed by atoms with Crippen molar-refractivity contribution >= 4 is 8.25 Å². The average molecular weight is 199 g/mol. The van der Waals surface area contributed by atoms with Gasteiger partial charge in [-0.25, -0.2) is 4.57 Å². The first-order valence-electron chi connectivity index (χ1n) is 1.28. The minimum Gasteiger partial charge on any atom is -0.435 e. The monoisotopic (exact) mass is 198 g/mol. The van der Waals surface area contributed by atoms with E-state index in [4.69, 9.17) is 4.89 Å². The van der Waals surface area contributed by atoms with E-state index < -0.39 is 8.25 Å². The molecule has 40 valence electrons. The Morgan fingerprint density at radius 1 is 1.86 bits per heavy atom. The largest absolute Gasteiger partial charge is 0.435 e. The van der Waals surface area contributed by atoms with Gasteiger partial charge in [0.1, 0.15) is 0 Å². The second-order valence-electron chi connectivity index (χ2n) is 0.550. The van der Waals surface area contributed by atoms with Crippen LogP contribution in [-0.4, -0.2) is 4.89 Å². The van der Waals surface area contributed by atoms with E-state index in [2.05, 4.69) is 11.1 Å². The third kappa shape index (κ3) is 10.8. The summed E-state index contributed by atoms with van der Waals surface area (Å²) in [6, 6.07) is 0. The van der Waals surface area contributed by atoms with Crippen molar-refractivity contribution in [3.05, 3.63) is 12.8 Å². The molecule has 0 aliphatic carbocycles. The minimum atomic E-state index is -2.75. The van der Waals surface area contributed by atoms with Crippen LogP contribution in [0, 0.1) is 0 Å². The Bertz CT molecular complexity index is 73.3. The van der Waals surface area contributed by atoms with Crippen LogP contribution in [0.1, 0.15) is 0 Å². The normalized spacial score (nSPS) is 11.0. The first kappa shape index (κ1) is 10.6. The molecule has 0 aromatic carbocycles. The topological polar surface area (TPSA) is 46.5 Å².